The van der Waals surface area contributed by atoms with Crippen LogP contribution in [0.25, 0.3) is 0 Å². The van der Waals surface area contributed by atoms with Gasteiger partial charge in [0.2, 0.25) is 0 Å². The Hall–Kier alpha value is -2.09. The lowest BCUT2D eigenvalue weighted by Crippen LogP contribution is -2.19. The van der Waals surface area contributed by atoms with E-state index in [9.17, 15) is 4.79 Å². The van der Waals surface area contributed by atoms with Crippen molar-refractivity contribution < 1.29 is 14.3 Å². The summed E-state index contributed by atoms with van der Waals surface area (Å²) in [5.41, 5.74) is 4.55. The van der Waals surface area contributed by atoms with Crippen molar-refractivity contribution in [2.24, 2.45) is 5.10 Å². The quantitative estimate of drug-likeness (QED) is 0.455. The molecule has 0 saturated carbocycles. The number of nitrogens with one attached hydrogen (secondary N) is 1. The van der Waals surface area contributed by atoms with Gasteiger partial charge in [-0.05, 0) is 65.9 Å². The molecule has 0 bridgehead atoms. The Morgan fingerprint density at radius 2 is 1.78 bits per heavy atom. The molecule has 0 spiro atoms. The molecule has 0 unspecified atom stereocenters. The maximum Gasteiger partial charge on any atom is 0.271 e. The van der Waals surface area contributed by atoms with Crippen LogP contribution in [0.4, 0.5) is 0 Å². The molecule has 0 aromatic heterocycles. The minimum atomic E-state index is -0.256. The van der Waals surface area contributed by atoms with Crippen LogP contribution in [0.5, 0.6) is 11.5 Å². The van der Waals surface area contributed by atoms with Crippen LogP contribution < -0.4 is 14.9 Å². The molecule has 0 heterocycles. The number of methoxy groups -OCH3 is 2. The predicted octanol–water partition coefficient (Wildman–Crippen LogP) is 3.46. The molecule has 1 amide bonds. The van der Waals surface area contributed by atoms with Gasteiger partial charge in [-0.1, -0.05) is 0 Å². The molecule has 0 aliphatic heterocycles. The zero-order valence-corrected chi connectivity index (χ0v) is 15.2. The molecule has 2 rings (SSSR count). The highest BCUT2D eigenvalue weighted by Gasteiger charge is 2.09. The second-order valence-corrected chi connectivity index (χ2v) is 5.96. The molecule has 120 valence electrons. The van der Waals surface area contributed by atoms with Crippen molar-refractivity contribution in [2.75, 3.05) is 14.2 Å². The zero-order valence-electron chi connectivity index (χ0n) is 13.1. The normalized spacial score (nSPS) is 11.0. The van der Waals surface area contributed by atoms with E-state index in [-0.39, 0.29) is 5.91 Å². The average Bonchev–Trinajstić information content (AvgIpc) is 2.59. The van der Waals surface area contributed by atoms with E-state index in [4.69, 9.17) is 9.47 Å². The summed E-state index contributed by atoms with van der Waals surface area (Å²) in [4.78, 5) is 12.1. The lowest BCUT2D eigenvalue weighted by Gasteiger charge is -2.10. The number of ether oxygens (including phenoxy) is 2. The maximum atomic E-state index is 12.1. The Morgan fingerprint density at radius 1 is 1.09 bits per heavy atom. The number of hydrogen-bond acceptors (Lipinski definition) is 4. The Labute approximate surface area is 148 Å². The third-order valence-electron chi connectivity index (χ3n) is 3.23. The second kappa shape index (κ2) is 7.96. The summed E-state index contributed by atoms with van der Waals surface area (Å²) in [6.45, 7) is 1.80. The lowest BCUT2D eigenvalue weighted by atomic mass is 10.1. The van der Waals surface area contributed by atoms with Crippen molar-refractivity contribution >= 4 is 34.2 Å². The van der Waals surface area contributed by atoms with Crippen molar-refractivity contribution in [1.29, 1.82) is 0 Å². The second-order valence-electron chi connectivity index (χ2n) is 4.71. The van der Waals surface area contributed by atoms with Gasteiger partial charge in [0.25, 0.3) is 5.91 Å². The molecule has 0 aliphatic carbocycles. The molecule has 6 heteroatoms. The van der Waals surface area contributed by atoms with Crippen LogP contribution >= 0.6 is 22.6 Å². The molecular formula is C17H17IN2O3. The molecule has 0 radical (unpaired) electrons. The number of amides is 1. The molecule has 2 aromatic carbocycles. The van der Waals surface area contributed by atoms with Crippen LogP contribution in [0.2, 0.25) is 0 Å². The van der Waals surface area contributed by atoms with Gasteiger partial charge in [-0.3, -0.25) is 4.79 Å². The molecule has 0 aliphatic rings. The number of rotatable bonds is 5. The van der Waals surface area contributed by atoms with E-state index in [0.29, 0.717) is 22.8 Å². The molecule has 5 nitrogen and oxygen atoms in total. The van der Waals surface area contributed by atoms with Crippen LogP contribution in [0.1, 0.15) is 22.8 Å². The van der Waals surface area contributed by atoms with E-state index >= 15 is 0 Å². The highest BCUT2D eigenvalue weighted by molar-refractivity contribution is 14.1. The number of hydrazone groups is 1. The van der Waals surface area contributed by atoms with Gasteiger partial charge in [0.05, 0.1) is 19.9 Å². The molecule has 23 heavy (non-hydrogen) atoms. The Morgan fingerprint density at radius 3 is 2.39 bits per heavy atom. The molecule has 0 atom stereocenters. The van der Waals surface area contributed by atoms with Crippen LogP contribution in [0.3, 0.4) is 0 Å². The zero-order chi connectivity index (χ0) is 16.8. The van der Waals surface area contributed by atoms with E-state index < -0.39 is 0 Å². The van der Waals surface area contributed by atoms with Crippen LogP contribution in [-0.2, 0) is 0 Å². The number of benzene rings is 2. The smallest absolute Gasteiger partial charge is 0.271 e. The van der Waals surface area contributed by atoms with Crippen LogP contribution in [-0.4, -0.2) is 25.8 Å². The Balaban J connectivity index is 2.16. The molecular weight excluding hydrogens is 407 g/mol. The van der Waals surface area contributed by atoms with Gasteiger partial charge in [0, 0.05) is 20.8 Å². The van der Waals surface area contributed by atoms with Gasteiger partial charge in [-0.25, -0.2) is 5.43 Å². The van der Waals surface area contributed by atoms with Crippen molar-refractivity contribution in [1.82, 2.24) is 5.43 Å². The summed E-state index contributed by atoms with van der Waals surface area (Å²) in [6, 6.07) is 12.7. The summed E-state index contributed by atoms with van der Waals surface area (Å²) in [7, 11) is 3.17. The first-order valence-electron chi connectivity index (χ1n) is 6.87. The third kappa shape index (κ3) is 4.44. The van der Waals surface area contributed by atoms with Gasteiger partial charge < -0.3 is 9.47 Å². The summed E-state index contributed by atoms with van der Waals surface area (Å²) in [5, 5.41) is 4.15. The van der Waals surface area contributed by atoms with Crippen molar-refractivity contribution in [3.63, 3.8) is 0 Å². The fourth-order valence-electron chi connectivity index (χ4n) is 1.96. The standard InChI is InChI=1S/C17H17IN2O3/c1-11(15-9-8-14(22-2)10-16(15)23-3)19-20-17(21)12-4-6-13(18)7-5-12/h4-10H,1-3H3,(H,20,21)/b19-11-. The van der Waals surface area contributed by atoms with Gasteiger partial charge in [0.15, 0.2) is 0 Å². The van der Waals surface area contributed by atoms with Crippen molar-refractivity contribution in [2.45, 2.75) is 6.92 Å². The summed E-state index contributed by atoms with van der Waals surface area (Å²) >= 11 is 2.19. The van der Waals surface area contributed by atoms with E-state index in [0.717, 1.165) is 9.13 Å². The van der Waals surface area contributed by atoms with Crippen molar-refractivity contribution in [3.05, 3.63) is 57.2 Å². The van der Waals surface area contributed by atoms with Gasteiger partial charge in [0.1, 0.15) is 11.5 Å². The lowest BCUT2D eigenvalue weighted by molar-refractivity contribution is 0.0955. The van der Waals surface area contributed by atoms with E-state index in [1.165, 1.54) is 0 Å². The SMILES string of the molecule is COc1ccc(/C(C)=N\NC(=O)c2ccc(I)cc2)c(OC)c1. The van der Waals surface area contributed by atoms with E-state index in [1.54, 1.807) is 39.3 Å². The van der Waals surface area contributed by atoms with Crippen LogP contribution in [0.15, 0.2) is 47.6 Å². The molecule has 1 N–H and O–H groups in total. The largest absolute Gasteiger partial charge is 0.497 e. The molecule has 0 saturated heterocycles. The Kier molecular flexibility index (Phi) is 5.97. The predicted molar refractivity (Wildman–Crippen MR) is 98.4 cm³/mol. The van der Waals surface area contributed by atoms with E-state index in [1.807, 2.05) is 24.3 Å². The van der Waals surface area contributed by atoms with Crippen molar-refractivity contribution in [3.8, 4) is 11.5 Å². The number of hydrogen-bond donors (Lipinski definition) is 1. The average molecular weight is 424 g/mol. The Bertz CT molecular complexity index is 727. The highest BCUT2D eigenvalue weighted by Crippen LogP contribution is 2.25. The summed E-state index contributed by atoms with van der Waals surface area (Å²) in [6.07, 6.45) is 0. The first-order valence-corrected chi connectivity index (χ1v) is 7.95. The number of nitrogens with zero attached hydrogens (tertiary/aromatic N) is 1. The van der Waals surface area contributed by atoms with Gasteiger partial charge in [-0.2, -0.15) is 5.10 Å². The topological polar surface area (TPSA) is 59.9 Å². The monoisotopic (exact) mass is 424 g/mol. The molecule has 0 fully saturated rings. The maximum absolute atomic E-state index is 12.1. The first kappa shape index (κ1) is 17.3. The third-order valence-corrected chi connectivity index (χ3v) is 3.95. The fourth-order valence-corrected chi connectivity index (χ4v) is 2.32. The summed E-state index contributed by atoms with van der Waals surface area (Å²) < 4.78 is 11.6. The summed E-state index contributed by atoms with van der Waals surface area (Å²) in [5.74, 6) is 1.07. The minimum Gasteiger partial charge on any atom is -0.497 e. The fraction of sp³-hybridized carbons (Fsp3) is 0.176. The molecule has 2 aromatic rings. The minimum absolute atomic E-state index is 0.256. The van der Waals surface area contributed by atoms with Gasteiger partial charge >= 0.3 is 0 Å². The van der Waals surface area contributed by atoms with E-state index in [2.05, 4.69) is 33.1 Å². The number of halogens is 1. The van der Waals surface area contributed by atoms with Gasteiger partial charge in [-0.15, -0.1) is 0 Å². The number of carbonyl (C=O) groups is 1. The first-order chi connectivity index (χ1) is 11.0. The highest BCUT2D eigenvalue weighted by atomic mass is 127. The van der Waals surface area contributed by atoms with Crippen LogP contribution in [0, 0.1) is 3.57 Å². The number of carbonyl (C=O) groups excluding carboxylic acids is 1.